The van der Waals surface area contributed by atoms with Crippen LogP contribution in [0.3, 0.4) is 0 Å². The molecule has 0 spiro atoms. The number of aromatic nitrogens is 1. The van der Waals surface area contributed by atoms with Crippen molar-refractivity contribution in [2.24, 2.45) is 0 Å². The van der Waals surface area contributed by atoms with Gasteiger partial charge in [-0.15, -0.1) is 0 Å². The van der Waals surface area contributed by atoms with E-state index in [-0.39, 0.29) is 6.54 Å². The molecule has 22 heavy (non-hydrogen) atoms. The van der Waals surface area contributed by atoms with Crippen molar-refractivity contribution in [2.75, 3.05) is 0 Å². The summed E-state index contributed by atoms with van der Waals surface area (Å²) in [5.74, 6) is -1.12. The monoisotopic (exact) mass is 356 g/mol. The highest BCUT2D eigenvalue weighted by Crippen LogP contribution is 2.39. The third kappa shape index (κ3) is 6.21. The molecule has 0 saturated heterocycles. The maximum atomic E-state index is 11.1. The Morgan fingerprint density at radius 3 is 2.32 bits per heavy atom. The van der Waals surface area contributed by atoms with Crippen LogP contribution >= 0.6 is 15.4 Å². The number of nitrogens with zero attached hydrogens (tertiary/aromatic N) is 1. The maximum Gasteiger partial charge on any atom is 0.469 e. The number of nitrogens with one attached hydrogen (secondary N) is 1. The van der Waals surface area contributed by atoms with Gasteiger partial charge in [0.1, 0.15) is 5.78 Å². The van der Waals surface area contributed by atoms with Crippen molar-refractivity contribution in [1.82, 2.24) is 10.3 Å². The van der Waals surface area contributed by atoms with Crippen molar-refractivity contribution in [3.8, 4) is 0 Å². The van der Waals surface area contributed by atoms with Crippen molar-refractivity contribution in [3.63, 3.8) is 0 Å². The molecule has 0 aliphatic heterocycles. The van der Waals surface area contributed by atoms with Gasteiger partial charge in [-0.1, -0.05) is 0 Å². The Kier molecular flexibility index (Phi) is 6.82. The van der Waals surface area contributed by atoms with Gasteiger partial charge in [-0.2, -0.15) is 0 Å². The molecule has 0 radical (unpaired) electrons. The lowest BCUT2D eigenvalue weighted by atomic mass is 10.1. The van der Waals surface area contributed by atoms with Gasteiger partial charge in [0.05, 0.1) is 13.2 Å². The van der Waals surface area contributed by atoms with Crippen LogP contribution < -0.4 is 5.32 Å². The fourth-order valence-electron chi connectivity index (χ4n) is 1.59. The molecule has 0 aliphatic rings. The van der Waals surface area contributed by atoms with E-state index in [4.69, 9.17) is 19.6 Å². The van der Waals surface area contributed by atoms with Crippen LogP contribution in [0.25, 0.3) is 0 Å². The molecule has 0 fully saturated rings. The van der Waals surface area contributed by atoms with Crippen molar-refractivity contribution in [2.45, 2.75) is 32.5 Å². The van der Waals surface area contributed by atoms with Gasteiger partial charge in [0, 0.05) is 30.1 Å². The van der Waals surface area contributed by atoms with E-state index < -0.39 is 34.4 Å². The van der Waals surface area contributed by atoms with E-state index in [2.05, 4.69) is 14.8 Å². The summed E-state index contributed by atoms with van der Waals surface area (Å²) in [5.41, 5.74) is 1.06. The molecule has 1 heterocycles. The van der Waals surface area contributed by atoms with E-state index in [9.17, 15) is 14.2 Å². The first-order chi connectivity index (χ1) is 10.0. The SMILES string of the molecule is CC(NCc1c(CO)cncc1COP(=O)(O)O)P(=O)(O)O. The first-order valence-corrected chi connectivity index (χ1v) is 9.30. The van der Waals surface area contributed by atoms with E-state index in [1.54, 1.807) is 0 Å². The van der Waals surface area contributed by atoms with E-state index in [1.165, 1.54) is 19.3 Å². The summed E-state index contributed by atoms with van der Waals surface area (Å²) in [4.78, 5) is 39.3. The Hall–Kier alpha value is -0.670. The minimum Gasteiger partial charge on any atom is -0.392 e. The van der Waals surface area contributed by atoms with Crippen molar-refractivity contribution in [1.29, 1.82) is 0 Å². The number of rotatable bonds is 8. The number of aliphatic hydroxyl groups is 1. The molecule has 1 aromatic rings. The minimum atomic E-state index is -4.67. The molecule has 0 aromatic carbocycles. The van der Waals surface area contributed by atoms with E-state index in [0.717, 1.165) is 0 Å². The Bertz CT molecular complexity index is 599. The van der Waals surface area contributed by atoms with E-state index >= 15 is 0 Å². The lowest BCUT2D eigenvalue weighted by Crippen LogP contribution is -2.26. The summed E-state index contributed by atoms with van der Waals surface area (Å²) in [6.07, 6.45) is 2.65. The topological polar surface area (TPSA) is 169 Å². The number of pyridine rings is 1. The average molecular weight is 356 g/mol. The summed E-state index contributed by atoms with van der Waals surface area (Å²) >= 11 is 0. The molecule has 0 amide bonds. The van der Waals surface area contributed by atoms with Crippen molar-refractivity contribution < 1.29 is 38.3 Å². The van der Waals surface area contributed by atoms with Crippen molar-refractivity contribution in [3.05, 3.63) is 29.1 Å². The molecule has 0 bridgehead atoms. The fraction of sp³-hybridized carbons (Fsp3) is 0.500. The van der Waals surface area contributed by atoms with E-state index in [0.29, 0.717) is 16.7 Å². The zero-order valence-electron chi connectivity index (χ0n) is 11.7. The quantitative estimate of drug-likeness (QED) is 0.343. The molecule has 10 nitrogen and oxygen atoms in total. The van der Waals surface area contributed by atoms with Crippen LogP contribution in [0.15, 0.2) is 12.4 Å². The fourth-order valence-corrected chi connectivity index (χ4v) is 2.23. The minimum absolute atomic E-state index is 0.0372. The number of aliphatic hydroxyl groups excluding tert-OH is 1. The molecule has 12 heteroatoms. The Labute approximate surface area is 126 Å². The summed E-state index contributed by atoms with van der Waals surface area (Å²) < 4.78 is 26.2. The predicted molar refractivity (Wildman–Crippen MR) is 75.3 cm³/mol. The van der Waals surface area contributed by atoms with Gasteiger partial charge in [-0.25, -0.2) is 4.57 Å². The Morgan fingerprint density at radius 1 is 1.23 bits per heavy atom. The predicted octanol–water partition coefficient (Wildman–Crippen LogP) is -0.204. The molecule has 1 aromatic heterocycles. The van der Waals surface area contributed by atoms with Crippen LogP contribution in [0.5, 0.6) is 0 Å². The van der Waals surface area contributed by atoms with Gasteiger partial charge in [0.15, 0.2) is 0 Å². The smallest absolute Gasteiger partial charge is 0.392 e. The van der Waals surface area contributed by atoms with Gasteiger partial charge in [0.2, 0.25) is 0 Å². The molecular weight excluding hydrogens is 338 g/mol. The number of hydrogen-bond donors (Lipinski definition) is 6. The van der Waals surface area contributed by atoms with Crippen LogP contribution in [0.1, 0.15) is 23.6 Å². The van der Waals surface area contributed by atoms with Gasteiger partial charge in [-0.3, -0.25) is 19.4 Å². The molecule has 0 saturated carbocycles. The standard InChI is InChI=1S/C10H18N2O8P2/c1-7(21(14,15)16)12-4-10-8(5-13)2-11-3-9(10)6-20-22(17,18)19/h2-3,7,12-13H,4-6H2,1H3,(H2,14,15,16)(H2,17,18,19). The summed E-state index contributed by atoms with van der Waals surface area (Å²) in [6.45, 7) is 0.418. The van der Waals surface area contributed by atoms with Gasteiger partial charge in [-0.05, 0) is 12.5 Å². The molecular formula is C10H18N2O8P2. The molecule has 1 rings (SSSR count). The van der Waals surface area contributed by atoms with Crippen LogP contribution in [0.4, 0.5) is 0 Å². The normalized spacial score (nSPS) is 14.1. The molecule has 1 unspecified atom stereocenters. The molecule has 0 aliphatic carbocycles. The third-order valence-electron chi connectivity index (χ3n) is 2.87. The first kappa shape index (κ1) is 19.4. The highest BCUT2D eigenvalue weighted by atomic mass is 31.2. The van der Waals surface area contributed by atoms with Gasteiger partial charge < -0.3 is 24.7 Å². The summed E-state index contributed by atoms with van der Waals surface area (Å²) in [7, 11) is -8.99. The van der Waals surface area contributed by atoms with Crippen molar-refractivity contribution >= 4 is 15.4 Å². The Morgan fingerprint density at radius 2 is 1.82 bits per heavy atom. The average Bonchev–Trinajstić information content (AvgIpc) is 2.40. The zero-order chi connectivity index (χ0) is 17.0. The summed E-state index contributed by atoms with van der Waals surface area (Å²) in [5, 5.41) is 11.9. The number of phosphoric acid groups is 1. The van der Waals surface area contributed by atoms with Crippen LogP contribution in [0, 0.1) is 0 Å². The highest BCUT2D eigenvalue weighted by molar-refractivity contribution is 7.52. The number of hydrogen-bond acceptors (Lipinski definition) is 6. The zero-order valence-corrected chi connectivity index (χ0v) is 13.4. The number of phosphoric ester groups is 1. The van der Waals surface area contributed by atoms with Crippen LogP contribution in [-0.4, -0.2) is 35.4 Å². The highest BCUT2D eigenvalue weighted by Gasteiger charge is 2.24. The first-order valence-electron chi connectivity index (χ1n) is 6.08. The largest absolute Gasteiger partial charge is 0.469 e. The van der Waals surface area contributed by atoms with Gasteiger partial charge >= 0.3 is 15.4 Å². The lowest BCUT2D eigenvalue weighted by Gasteiger charge is -2.18. The summed E-state index contributed by atoms with van der Waals surface area (Å²) in [6, 6.07) is 0. The lowest BCUT2D eigenvalue weighted by molar-refractivity contribution is 0.188. The second-order valence-electron chi connectivity index (χ2n) is 4.50. The van der Waals surface area contributed by atoms with Gasteiger partial charge in [0.25, 0.3) is 0 Å². The van der Waals surface area contributed by atoms with Crippen LogP contribution in [-0.2, 0) is 33.4 Å². The Balaban J connectivity index is 2.95. The van der Waals surface area contributed by atoms with E-state index in [1.807, 2.05) is 0 Å². The van der Waals surface area contributed by atoms with Crippen LogP contribution in [0.2, 0.25) is 0 Å². The maximum absolute atomic E-state index is 11.1. The third-order valence-corrected chi connectivity index (χ3v) is 4.53. The molecule has 1 atom stereocenters. The molecule has 6 N–H and O–H groups in total. The molecule has 126 valence electrons. The second kappa shape index (κ2) is 7.74. The second-order valence-corrected chi connectivity index (χ2v) is 7.70.